The van der Waals surface area contributed by atoms with Gasteiger partial charge < -0.3 is 38.8 Å². The number of ether oxygens (including phenoxy) is 5. The van der Waals surface area contributed by atoms with Crippen LogP contribution in [-0.4, -0.2) is 104 Å². The Kier molecular flexibility index (Phi) is 10.4. The zero-order valence-electron chi connectivity index (χ0n) is 24.8. The molecule has 0 unspecified atom stereocenters. The summed E-state index contributed by atoms with van der Waals surface area (Å²) in [6, 6.07) is 10.9. The molecular weight excluding hydrogens is 542 g/mol. The van der Waals surface area contributed by atoms with Gasteiger partial charge in [0.2, 0.25) is 0 Å². The van der Waals surface area contributed by atoms with E-state index in [0.717, 1.165) is 5.39 Å². The van der Waals surface area contributed by atoms with Gasteiger partial charge in [-0.3, -0.25) is 4.79 Å². The first kappa shape index (κ1) is 30.8. The van der Waals surface area contributed by atoms with E-state index >= 15 is 0 Å². The maximum absolute atomic E-state index is 13.3. The maximum atomic E-state index is 13.3. The molecular formula is C30H39N5O7. The summed E-state index contributed by atoms with van der Waals surface area (Å²) in [6.45, 7) is 8.73. The third-order valence-corrected chi connectivity index (χ3v) is 6.38. The summed E-state index contributed by atoms with van der Waals surface area (Å²) in [5, 5.41) is 4.04. The van der Waals surface area contributed by atoms with Crippen LogP contribution in [0, 0.1) is 0 Å². The van der Waals surface area contributed by atoms with Gasteiger partial charge in [0, 0.05) is 63.1 Å². The molecule has 42 heavy (non-hydrogen) atoms. The van der Waals surface area contributed by atoms with Crippen LogP contribution in [0.1, 0.15) is 31.1 Å². The minimum Gasteiger partial charge on any atom is -0.487 e. The number of benzene rings is 2. The molecule has 3 aromatic rings. The number of hydrogen-bond donors (Lipinski definition) is 1. The molecule has 0 bridgehead atoms. The molecule has 1 aliphatic heterocycles. The first-order valence-electron chi connectivity index (χ1n) is 13.8. The van der Waals surface area contributed by atoms with Gasteiger partial charge in [-0.05, 0) is 45.0 Å². The van der Waals surface area contributed by atoms with E-state index in [1.807, 2.05) is 39.0 Å². The van der Waals surface area contributed by atoms with Gasteiger partial charge in [0.05, 0.1) is 18.7 Å². The van der Waals surface area contributed by atoms with Crippen LogP contribution < -0.4 is 14.8 Å². The van der Waals surface area contributed by atoms with Crippen LogP contribution >= 0.6 is 0 Å². The zero-order valence-corrected chi connectivity index (χ0v) is 24.8. The molecule has 1 saturated heterocycles. The summed E-state index contributed by atoms with van der Waals surface area (Å²) in [7, 11) is 3.22. The molecule has 1 fully saturated rings. The quantitative estimate of drug-likeness (QED) is 0.331. The molecule has 0 aliphatic carbocycles. The van der Waals surface area contributed by atoms with E-state index in [-0.39, 0.29) is 12.0 Å². The molecule has 226 valence electrons. The fourth-order valence-corrected chi connectivity index (χ4v) is 4.33. The Labute approximate surface area is 245 Å². The van der Waals surface area contributed by atoms with Gasteiger partial charge in [0.25, 0.3) is 5.91 Å². The largest absolute Gasteiger partial charge is 0.487 e. The fraction of sp³-hybridized carbons (Fsp3) is 0.467. The number of nitrogens with zero attached hydrogens (tertiary/aromatic N) is 4. The van der Waals surface area contributed by atoms with Gasteiger partial charge in [-0.2, -0.15) is 0 Å². The molecule has 0 spiro atoms. The standard InChI is InChI=1S/C30H39N5O7/c1-30(2,3)42-29(37)35-11-9-34(10-12-35)28(36)21-7-6-8-22(17-21)33-27-23-18-25(40-15-13-38-4)26(41-16-14-39-5)19-24(23)31-20-32-27/h6-8,17-20H,9-16H2,1-5H3,(H,31,32,33). The van der Waals surface area contributed by atoms with Gasteiger partial charge in [0.15, 0.2) is 11.5 Å². The molecule has 2 heterocycles. The van der Waals surface area contributed by atoms with Crippen LogP contribution in [0.5, 0.6) is 11.5 Å². The zero-order chi connectivity index (χ0) is 30.1. The Hall–Kier alpha value is -4.16. The topological polar surface area (TPSA) is 125 Å². The molecule has 2 aromatic carbocycles. The second-order valence-corrected chi connectivity index (χ2v) is 10.7. The molecule has 1 aromatic heterocycles. The minimum absolute atomic E-state index is 0.110. The second kappa shape index (κ2) is 14.1. The average Bonchev–Trinajstić information content (AvgIpc) is 2.97. The summed E-state index contributed by atoms with van der Waals surface area (Å²) in [4.78, 5) is 38.0. The van der Waals surface area contributed by atoms with Gasteiger partial charge in [-0.1, -0.05) is 6.07 Å². The molecule has 0 radical (unpaired) electrons. The second-order valence-electron chi connectivity index (χ2n) is 10.7. The Bertz CT molecular complexity index is 1370. The number of anilines is 2. The van der Waals surface area contributed by atoms with Crippen molar-refractivity contribution in [1.82, 2.24) is 19.8 Å². The molecule has 12 heteroatoms. The Morgan fingerprint density at radius 2 is 1.50 bits per heavy atom. The van der Waals surface area contributed by atoms with Crippen molar-refractivity contribution in [2.24, 2.45) is 0 Å². The molecule has 2 amide bonds. The molecule has 12 nitrogen and oxygen atoms in total. The van der Waals surface area contributed by atoms with E-state index in [1.165, 1.54) is 6.33 Å². The number of hydrogen-bond acceptors (Lipinski definition) is 10. The van der Waals surface area contributed by atoms with Crippen molar-refractivity contribution in [2.45, 2.75) is 26.4 Å². The Morgan fingerprint density at radius 1 is 0.857 bits per heavy atom. The highest BCUT2D eigenvalue weighted by atomic mass is 16.6. The van der Waals surface area contributed by atoms with Gasteiger partial charge in [0.1, 0.15) is 31.0 Å². The van der Waals surface area contributed by atoms with Crippen molar-refractivity contribution in [3.8, 4) is 11.5 Å². The summed E-state index contributed by atoms with van der Waals surface area (Å²) in [5.74, 6) is 1.51. The number of amides is 2. The van der Waals surface area contributed by atoms with Crippen LogP contribution in [0.3, 0.4) is 0 Å². The van der Waals surface area contributed by atoms with Crippen LogP contribution in [0.4, 0.5) is 16.3 Å². The third kappa shape index (κ3) is 8.20. The number of nitrogens with one attached hydrogen (secondary N) is 1. The molecule has 1 aliphatic rings. The number of aromatic nitrogens is 2. The lowest BCUT2D eigenvalue weighted by Gasteiger charge is -2.35. The van der Waals surface area contributed by atoms with E-state index in [4.69, 9.17) is 23.7 Å². The van der Waals surface area contributed by atoms with Gasteiger partial charge in [-0.15, -0.1) is 0 Å². The Balaban J connectivity index is 1.49. The summed E-state index contributed by atoms with van der Waals surface area (Å²) >= 11 is 0. The van der Waals surface area contributed by atoms with E-state index in [0.29, 0.717) is 86.7 Å². The molecule has 1 N–H and O–H groups in total. The lowest BCUT2D eigenvalue weighted by Crippen LogP contribution is -2.51. The van der Waals surface area contributed by atoms with E-state index in [1.54, 1.807) is 42.2 Å². The van der Waals surface area contributed by atoms with E-state index in [9.17, 15) is 9.59 Å². The monoisotopic (exact) mass is 581 g/mol. The first-order valence-corrected chi connectivity index (χ1v) is 13.8. The van der Waals surface area contributed by atoms with Crippen LogP contribution in [0.25, 0.3) is 10.9 Å². The van der Waals surface area contributed by atoms with Crippen LogP contribution in [0.15, 0.2) is 42.7 Å². The van der Waals surface area contributed by atoms with E-state index in [2.05, 4.69) is 15.3 Å². The van der Waals surface area contributed by atoms with Crippen molar-refractivity contribution in [2.75, 3.05) is 72.1 Å². The fourth-order valence-electron chi connectivity index (χ4n) is 4.33. The molecule has 0 saturated carbocycles. The SMILES string of the molecule is COCCOc1cc2ncnc(Nc3cccc(C(=O)N4CCN(C(=O)OC(C)(C)C)CC4)c3)c2cc1OCCOC. The number of methoxy groups -OCH3 is 2. The highest BCUT2D eigenvalue weighted by molar-refractivity contribution is 5.96. The molecule has 0 atom stereocenters. The number of carbonyl (C=O) groups excluding carboxylic acids is 2. The number of carbonyl (C=O) groups is 2. The third-order valence-electron chi connectivity index (χ3n) is 6.38. The van der Waals surface area contributed by atoms with Crippen molar-refractivity contribution in [3.05, 3.63) is 48.3 Å². The lowest BCUT2D eigenvalue weighted by molar-refractivity contribution is 0.0141. The molecule has 4 rings (SSSR count). The highest BCUT2D eigenvalue weighted by Gasteiger charge is 2.28. The van der Waals surface area contributed by atoms with Crippen molar-refractivity contribution < 1.29 is 33.3 Å². The predicted octanol–water partition coefficient (Wildman–Crippen LogP) is 4.12. The number of piperazine rings is 1. The van der Waals surface area contributed by atoms with Crippen molar-refractivity contribution in [3.63, 3.8) is 0 Å². The van der Waals surface area contributed by atoms with E-state index < -0.39 is 5.60 Å². The lowest BCUT2D eigenvalue weighted by atomic mass is 10.1. The van der Waals surface area contributed by atoms with Crippen molar-refractivity contribution >= 4 is 34.4 Å². The highest BCUT2D eigenvalue weighted by Crippen LogP contribution is 2.35. The number of rotatable bonds is 11. The first-order chi connectivity index (χ1) is 20.2. The van der Waals surface area contributed by atoms with Crippen LogP contribution in [-0.2, 0) is 14.2 Å². The predicted molar refractivity (Wildman–Crippen MR) is 158 cm³/mol. The summed E-state index contributed by atoms with van der Waals surface area (Å²) in [5.41, 5.74) is 1.32. The average molecular weight is 582 g/mol. The van der Waals surface area contributed by atoms with Gasteiger partial charge in [-0.25, -0.2) is 14.8 Å². The maximum Gasteiger partial charge on any atom is 0.410 e. The number of fused-ring (bicyclic) bond motifs is 1. The summed E-state index contributed by atoms with van der Waals surface area (Å²) < 4.78 is 27.5. The minimum atomic E-state index is -0.564. The van der Waals surface area contributed by atoms with Crippen molar-refractivity contribution in [1.29, 1.82) is 0 Å². The normalized spacial score (nSPS) is 13.6. The van der Waals surface area contributed by atoms with Crippen LogP contribution in [0.2, 0.25) is 0 Å². The summed E-state index contributed by atoms with van der Waals surface area (Å²) in [6.07, 6.45) is 1.10. The van der Waals surface area contributed by atoms with Gasteiger partial charge >= 0.3 is 6.09 Å². The Morgan fingerprint density at radius 3 is 2.14 bits per heavy atom. The smallest absolute Gasteiger partial charge is 0.410 e.